The summed E-state index contributed by atoms with van der Waals surface area (Å²) >= 11 is 5.90. The van der Waals surface area contributed by atoms with Gasteiger partial charge in [0.1, 0.15) is 6.07 Å². The van der Waals surface area contributed by atoms with Crippen molar-refractivity contribution in [2.24, 2.45) is 0 Å². The van der Waals surface area contributed by atoms with E-state index in [-0.39, 0.29) is 10.5 Å². The highest BCUT2D eigenvalue weighted by molar-refractivity contribution is 7.89. The summed E-state index contributed by atoms with van der Waals surface area (Å²) in [7, 11) is -3.64. The van der Waals surface area contributed by atoms with Crippen LogP contribution in [0.2, 0.25) is 5.02 Å². The third kappa shape index (κ3) is 4.02. The standard InChI is InChI=1S/C18H18ClN3O2S/c19-17-7-5-15(6-8-17)14-21-9-11-22(12-10-21)25(23,24)18-4-2-1-3-16(18)13-20/h1-8H,9-12,14H2. The Labute approximate surface area is 153 Å². The minimum atomic E-state index is -3.64. The van der Waals surface area contributed by atoms with E-state index in [2.05, 4.69) is 4.90 Å². The molecule has 0 bridgehead atoms. The smallest absolute Gasteiger partial charge is 0.244 e. The summed E-state index contributed by atoms with van der Waals surface area (Å²) in [6, 6.07) is 16.0. The highest BCUT2D eigenvalue weighted by Gasteiger charge is 2.30. The number of nitrogens with zero attached hydrogens (tertiary/aromatic N) is 3. The van der Waals surface area contributed by atoms with E-state index in [1.54, 1.807) is 12.1 Å². The number of piperazine rings is 1. The van der Waals surface area contributed by atoms with Crippen LogP contribution >= 0.6 is 11.6 Å². The summed E-state index contributed by atoms with van der Waals surface area (Å²) in [6.45, 7) is 2.89. The van der Waals surface area contributed by atoms with Crippen LogP contribution in [0.25, 0.3) is 0 Å². The molecule has 0 aliphatic carbocycles. The second kappa shape index (κ2) is 7.54. The Morgan fingerprint density at radius 3 is 2.28 bits per heavy atom. The fourth-order valence-electron chi connectivity index (χ4n) is 2.90. The van der Waals surface area contributed by atoms with Gasteiger partial charge in [0.05, 0.1) is 10.5 Å². The molecule has 0 amide bonds. The molecule has 0 N–H and O–H groups in total. The van der Waals surface area contributed by atoms with Gasteiger partial charge in [0.25, 0.3) is 0 Å². The van der Waals surface area contributed by atoms with Gasteiger partial charge in [0.15, 0.2) is 0 Å². The quantitative estimate of drug-likeness (QED) is 0.824. The second-order valence-electron chi connectivity index (χ2n) is 5.91. The third-order valence-electron chi connectivity index (χ3n) is 4.28. The van der Waals surface area contributed by atoms with Gasteiger partial charge in [0.2, 0.25) is 10.0 Å². The SMILES string of the molecule is N#Cc1ccccc1S(=O)(=O)N1CCN(Cc2ccc(Cl)cc2)CC1. The maximum absolute atomic E-state index is 12.8. The molecule has 7 heteroatoms. The molecular weight excluding hydrogens is 358 g/mol. The fraction of sp³-hybridized carbons (Fsp3) is 0.278. The number of hydrogen-bond donors (Lipinski definition) is 0. The Hall–Kier alpha value is -1.91. The van der Waals surface area contributed by atoms with Crippen molar-refractivity contribution in [3.05, 3.63) is 64.7 Å². The first-order valence-corrected chi connectivity index (χ1v) is 9.78. The lowest BCUT2D eigenvalue weighted by Crippen LogP contribution is -2.48. The maximum Gasteiger partial charge on any atom is 0.244 e. The Kier molecular flexibility index (Phi) is 5.40. The van der Waals surface area contributed by atoms with Crippen molar-refractivity contribution in [2.75, 3.05) is 26.2 Å². The van der Waals surface area contributed by atoms with E-state index in [1.165, 1.54) is 16.4 Å². The maximum atomic E-state index is 12.8. The second-order valence-corrected chi connectivity index (χ2v) is 8.26. The predicted octanol–water partition coefficient (Wildman–Crippen LogP) is 2.72. The summed E-state index contributed by atoms with van der Waals surface area (Å²) < 4.78 is 27.1. The van der Waals surface area contributed by atoms with Gasteiger partial charge in [-0.3, -0.25) is 4.90 Å². The zero-order valence-corrected chi connectivity index (χ0v) is 15.2. The first kappa shape index (κ1) is 17.9. The summed E-state index contributed by atoms with van der Waals surface area (Å²) in [5.41, 5.74) is 1.33. The van der Waals surface area contributed by atoms with Crippen LogP contribution in [-0.2, 0) is 16.6 Å². The molecule has 1 heterocycles. The fourth-order valence-corrected chi connectivity index (χ4v) is 4.59. The molecule has 2 aromatic carbocycles. The van der Waals surface area contributed by atoms with Crippen molar-refractivity contribution in [2.45, 2.75) is 11.4 Å². The lowest BCUT2D eigenvalue weighted by molar-refractivity contribution is 0.181. The number of sulfonamides is 1. The van der Waals surface area contributed by atoms with Crippen LogP contribution in [0.1, 0.15) is 11.1 Å². The number of benzene rings is 2. The van der Waals surface area contributed by atoms with Crippen LogP contribution < -0.4 is 0 Å². The molecule has 1 fully saturated rings. The normalized spacial score (nSPS) is 16.5. The molecule has 1 aliphatic rings. The molecule has 3 rings (SSSR count). The topological polar surface area (TPSA) is 64.4 Å². The van der Waals surface area contributed by atoms with Crippen molar-refractivity contribution < 1.29 is 8.42 Å². The molecule has 0 atom stereocenters. The summed E-state index contributed by atoms with van der Waals surface area (Å²) in [4.78, 5) is 2.30. The average molecular weight is 376 g/mol. The Balaban J connectivity index is 1.67. The van der Waals surface area contributed by atoms with Crippen LogP contribution in [0.4, 0.5) is 0 Å². The molecule has 2 aromatic rings. The van der Waals surface area contributed by atoms with Gasteiger partial charge in [-0.25, -0.2) is 8.42 Å². The van der Waals surface area contributed by atoms with Crippen molar-refractivity contribution in [3.63, 3.8) is 0 Å². The first-order valence-electron chi connectivity index (χ1n) is 7.97. The van der Waals surface area contributed by atoms with Crippen LogP contribution in [0, 0.1) is 11.3 Å². The van der Waals surface area contributed by atoms with Gasteiger partial charge in [-0.05, 0) is 29.8 Å². The van der Waals surface area contributed by atoms with E-state index >= 15 is 0 Å². The van der Waals surface area contributed by atoms with E-state index in [4.69, 9.17) is 16.9 Å². The predicted molar refractivity (Wildman–Crippen MR) is 96.6 cm³/mol. The van der Waals surface area contributed by atoms with Gasteiger partial charge in [-0.15, -0.1) is 0 Å². The van der Waals surface area contributed by atoms with Crippen molar-refractivity contribution in [1.82, 2.24) is 9.21 Å². The van der Waals surface area contributed by atoms with Crippen LogP contribution in [0.3, 0.4) is 0 Å². The molecule has 5 nitrogen and oxygen atoms in total. The zero-order chi connectivity index (χ0) is 17.9. The summed E-state index contributed by atoms with van der Waals surface area (Å²) in [5, 5.41) is 9.86. The van der Waals surface area contributed by atoms with Crippen molar-refractivity contribution in [1.29, 1.82) is 5.26 Å². The van der Waals surface area contributed by atoms with Gasteiger partial charge < -0.3 is 0 Å². The Morgan fingerprint density at radius 2 is 1.64 bits per heavy atom. The summed E-state index contributed by atoms with van der Waals surface area (Å²) in [5.74, 6) is 0. The van der Waals surface area contributed by atoms with Crippen LogP contribution in [-0.4, -0.2) is 43.8 Å². The average Bonchev–Trinajstić information content (AvgIpc) is 2.64. The first-order chi connectivity index (χ1) is 12.0. The Bertz CT molecular complexity index is 883. The minimum absolute atomic E-state index is 0.0867. The van der Waals surface area contributed by atoms with Crippen LogP contribution in [0.5, 0.6) is 0 Å². The Morgan fingerprint density at radius 1 is 1.00 bits per heavy atom. The third-order valence-corrected chi connectivity index (χ3v) is 6.48. The molecule has 130 valence electrons. The molecule has 0 saturated carbocycles. The molecule has 0 radical (unpaired) electrons. The van der Waals surface area contributed by atoms with Crippen molar-refractivity contribution in [3.8, 4) is 6.07 Å². The number of halogens is 1. The van der Waals surface area contributed by atoms with Gasteiger partial charge in [0, 0.05) is 37.7 Å². The van der Waals surface area contributed by atoms with Gasteiger partial charge in [-0.1, -0.05) is 35.9 Å². The number of hydrogen-bond acceptors (Lipinski definition) is 4. The highest BCUT2D eigenvalue weighted by atomic mass is 35.5. The van der Waals surface area contributed by atoms with E-state index in [0.29, 0.717) is 31.2 Å². The molecular formula is C18H18ClN3O2S. The van der Waals surface area contributed by atoms with Gasteiger partial charge in [-0.2, -0.15) is 9.57 Å². The lowest BCUT2D eigenvalue weighted by atomic mass is 10.2. The molecule has 0 unspecified atom stereocenters. The highest BCUT2D eigenvalue weighted by Crippen LogP contribution is 2.21. The summed E-state index contributed by atoms with van der Waals surface area (Å²) in [6.07, 6.45) is 0. The zero-order valence-electron chi connectivity index (χ0n) is 13.6. The molecule has 25 heavy (non-hydrogen) atoms. The number of rotatable bonds is 4. The molecule has 0 spiro atoms. The van der Waals surface area contributed by atoms with E-state index in [9.17, 15) is 8.42 Å². The van der Waals surface area contributed by atoms with Crippen molar-refractivity contribution >= 4 is 21.6 Å². The number of nitriles is 1. The lowest BCUT2D eigenvalue weighted by Gasteiger charge is -2.34. The van der Waals surface area contributed by atoms with E-state index in [1.807, 2.05) is 30.3 Å². The van der Waals surface area contributed by atoms with E-state index < -0.39 is 10.0 Å². The molecule has 0 aromatic heterocycles. The minimum Gasteiger partial charge on any atom is -0.296 e. The monoisotopic (exact) mass is 375 g/mol. The van der Waals surface area contributed by atoms with Gasteiger partial charge >= 0.3 is 0 Å². The van der Waals surface area contributed by atoms with E-state index in [0.717, 1.165) is 12.1 Å². The largest absolute Gasteiger partial charge is 0.296 e. The molecule has 1 saturated heterocycles. The van der Waals surface area contributed by atoms with Crippen LogP contribution in [0.15, 0.2) is 53.4 Å². The molecule has 1 aliphatic heterocycles.